The van der Waals surface area contributed by atoms with Gasteiger partial charge in [0, 0.05) is 36.7 Å². The number of hydrogen-bond acceptors (Lipinski definition) is 5. The first-order valence-corrected chi connectivity index (χ1v) is 12.2. The molecule has 1 saturated carbocycles. The molecule has 1 atom stereocenters. The van der Waals surface area contributed by atoms with Crippen molar-refractivity contribution in [2.75, 3.05) is 0 Å². The molecule has 4 rings (SSSR count). The molecule has 168 valence electrons. The maximum atomic E-state index is 12.8. The Morgan fingerprint density at radius 3 is 2.44 bits per heavy atom. The van der Waals surface area contributed by atoms with Crippen molar-refractivity contribution in [1.29, 1.82) is 0 Å². The molecule has 1 aliphatic carbocycles. The van der Waals surface area contributed by atoms with E-state index in [0.29, 0.717) is 25.7 Å². The number of hydrogen-bond donors (Lipinski definition) is 2. The van der Waals surface area contributed by atoms with Crippen LogP contribution in [0.4, 0.5) is 0 Å². The van der Waals surface area contributed by atoms with E-state index in [-0.39, 0.29) is 28.8 Å². The van der Waals surface area contributed by atoms with Crippen LogP contribution in [-0.4, -0.2) is 35.1 Å². The van der Waals surface area contributed by atoms with Gasteiger partial charge in [0.1, 0.15) is 0 Å². The van der Waals surface area contributed by atoms with Crippen molar-refractivity contribution in [2.24, 2.45) is 5.92 Å². The number of rotatable bonds is 7. The minimum atomic E-state index is -3.63. The Morgan fingerprint density at radius 2 is 1.81 bits per heavy atom. The Bertz CT molecular complexity index is 1120. The molecular formula is C23H27N5O3S. The Labute approximate surface area is 188 Å². The summed E-state index contributed by atoms with van der Waals surface area (Å²) in [6.07, 6.45) is 9.48. The van der Waals surface area contributed by atoms with E-state index in [2.05, 4.69) is 20.1 Å². The van der Waals surface area contributed by atoms with Crippen molar-refractivity contribution in [3.05, 3.63) is 72.8 Å². The SMILES string of the molecule is C[C@@H](NC(=O)C1CCC(NS(=O)(=O)c2ccc(-n3cccn3)cc2)CC1)c1cccnc1. The van der Waals surface area contributed by atoms with Crippen molar-refractivity contribution in [3.8, 4) is 5.69 Å². The van der Waals surface area contributed by atoms with Gasteiger partial charge in [-0.2, -0.15) is 5.10 Å². The van der Waals surface area contributed by atoms with Crippen LogP contribution >= 0.6 is 0 Å². The summed E-state index contributed by atoms with van der Waals surface area (Å²) in [4.78, 5) is 17.0. The topological polar surface area (TPSA) is 106 Å². The molecule has 1 fully saturated rings. The molecule has 1 aromatic carbocycles. The molecule has 1 amide bonds. The molecule has 2 aromatic heterocycles. The first-order chi connectivity index (χ1) is 15.4. The number of benzene rings is 1. The van der Waals surface area contributed by atoms with Crippen LogP contribution in [0.3, 0.4) is 0 Å². The third kappa shape index (κ3) is 5.23. The maximum Gasteiger partial charge on any atom is 0.240 e. The number of pyridine rings is 1. The van der Waals surface area contributed by atoms with Gasteiger partial charge in [0.15, 0.2) is 0 Å². The number of sulfonamides is 1. The molecule has 0 unspecified atom stereocenters. The van der Waals surface area contributed by atoms with Crippen LogP contribution < -0.4 is 10.0 Å². The largest absolute Gasteiger partial charge is 0.349 e. The van der Waals surface area contributed by atoms with Crippen LogP contribution in [0.1, 0.15) is 44.2 Å². The number of amides is 1. The van der Waals surface area contributed by atoms with E-state index in [0.717, 1.165) is 11.3 Å². The van der Waals surface area contributed by atoms with Gasteiger partial charge < -0.3 is 5.32 Å². The van der Waals surface area contributed by atoms with Crippen LogP contribution in [-0.2, 0) is 14.8 Å². The minimum Gasteiger partial charge on any atom is -0.349 e. The molecule has 2 N–H and O–H groups in total. The molecule has 0 saturated heterocycles. The lowest BCUT2D eigenvalue weighted by atomic mass is 9.85. The van der Waals surface area contributed by atoms with Gasteiger partial charge in [-0.1, -0.05) is 6.07 Å². The molecule has 0 aliphatic heterocycles. The highest BCUT2D eigenvalue weighted by molar-refractivity contribution is 7.89. The van der Waals surface area contributed by atoms with Crippen LogP contribution in [0, 0.1) is 5.92 Å². The fourth-order valence-corrected chi connectivity index (χ4v) is 5.31. The number of nitrogens with one attached hydrogen (secondary N) is 2. The third-order valence-corrected chi connectivity index (χ3v) is 7.42. The van der Waals surface area contributed by atoms with Gasteiger partial charge in [-0.25, -0.2) is 17.8 Å². The highest BCUT2D eigenvalue weighted by Crippen LogP contribution is 2.27. The van der Waals surface area contributed by atoms with Gasteiger partial charge in [0.05, 0.1) is 16.6 Å². The Kier molecular flexibility index (Phi) is 6.66. The molecule has 8 nitrogen and oxygen atoms in total. The average molecular weight is 454 g/mol. The zero-order chi connectivity index (χ0) is 22.6. The third-order valence-electron chi connectivity index (χ3n) is 5.88. The Hall–Kier alpha value is -3.04. The summed E-state index contributed by atoms with van der Waals surface area (Å²) in [6.45, 7) is 1.94. The number of carbonyl (C=O) groups is 1. The van der Waals surface area contributed by atoms with E-state index >= 15 is 0 Å². The van der Waals surface area contributed by atoms with E-state index in [1.807, 2.05) is 25.1 Å². The van der Waals surface area contributed by atoms with E-state index < -0.39 is 10.0 Å². The summed E-state index contributed by atoms with van der Waals surface area (Å²) in [6, 6.07) is 11.9. The van der Waals surface area contributed by atoms with Gasteiger partial charge in [-0.05, 0) is 74.6 Å². The Balaban J connectivity index is 1.30. The first-order valence-electron chi connectivity index (χ1n) is 10.7. The predicted molar refractivity (Wildman–Crippen MR) is 120 cm³/mol. The zero-order valence-electron chi connectivity index (χ0n) is 17.9. The van der Waals surface area contributed by atoms with Gasteiger partial charge in [-0.15, -0.1) is 0 Å². The van der Waals surface area contributed by atoms with E-state index in [9.17, 15) is 13.2 Å². The predicted octanol–water partition coefficient (Wildman–Crippen LogP) is 2.98. The van der Waals surface area contributed by atoms with Crippen LogP contribution in [0.15, 0.2) is 72.1 Å². The molecule has 0 bridgehead atoms. The molecule has 0 spiro atoms. The fraction of sp³-hybridized carbons (Fsp3) is 0.348. The summed E-state index contributed by atoms with van der Waals surface area (Å²) in [5, 5.41) is 7.19. The molecule has 0 radical (unpaired) electrons. The first kappa shape index (κ1) is 22.2. The second kappa shape index (κ2) is 9.62. The van der Waals surface area contributed by atoms with Gasteiger partial charge in [-0.3, -0.25) is 9.78 Å². The van der Waals surface area contributed by atoms with Crippen molar-refractivity contribution in [3.63, 3.8) is 0 Å². The Morgan fingerprint density at radius 1 is 1.06 bits per heavy atom. The summed E-state index contributed by atoms with van der Waals surface area (Å²) in [5.41, 5.74) is 1.75. The molecule has 2 heterocycles. The molecule has 1 aliphatic rings. The molecular weight excluding hydrogens is 426 g/mol. The monoisotopic (exact) mass is 453 g/mol. The number of carbonyl (C=O) groups excluding carboxylic acids is 1. The lowest BCUT2D eigenvalue weighted by molar-refractivity contribution is -0.126. The normalized spacial score (nSPS) is 19.9. The smallest absolute Gasteiger partial charge is 0.240 e. The second-order valence-corrected chi connectivity index (χ2v) is 9.84. The summed E-state index contributed by atoms with van der Waals surface area (Å²) in [5.74, 6) is -0.0971. The maximum absolute atomic E-state index is 12.8. The highest BCUT2D eigenvalue weighted by Gasteiger charge is 2.29. The minimum absolute atomic E-state index is 0.0110. The van der Waals surface area contributed by atoms with Crippen LogP contribution in [0.2, 0.25) is 0 Å². The fourth-order valence-electron chi connectivity index (χ4n) is 4.01. The van der Waals surface area contributed by atoms with Crippen LogP contribution in [0.25, 0.3) is 5.69 Å². The van der Waals surface area contributed by atoms with E-state index in [1.165, 1.54) is 0 Å². The van der Waals surface area contributed by atoms with E-state index in [4.69, 9.17) is 0 Å². The second-order valence-electron chi connectivity index (χ2n) is 8.13. The quantitative estimate of drug-likeness (QED) is 0.572. The average Bonchev–Trinajstić information content (AvgIpc) is 3.35. The van der Waals surface area contributed by atoms with Gasteiger partial charge in [0.25, 0.3) is 0 Å². The molecule has 3 aromatic rings. The van der Waals surface area contributed by atoms with Crippen molar-refractivity contribution in [1.82, 2.24) is 24.8 Å². The van der Waals surface area contributed by atoms with Crippen LogP contribution in [0.5, 0.6) is 0 Å². The van der Waals surface area contributed by atoms with Crippen molar-refractivity contribution >= 4 is 15.9 Å². The lowest BCUT2D eigenvalue weighted by Crippen LogP contribution is -2.41. The highest BCUT2D eigenvalue weighted by atomic mass is 32.2. The summed E-state index contributed by atoms with van der Waals surface area (Å²) in [7, 11) is -3.63. The molecule has 9 heteroatoms. The van der Waals surface area contributed by atoms with Crippen molar-refractivity contribution in [2.45, 2.75) is 49.6 Å². The van der Waals surface area contributed by atoms with Gasteiger partial charge >= 0.3 is 0 Å². The summed E-state index contributed by atoms with van der Waals surface area (Å²) >= 11 is 0. The molecule has 32 heavy (non-hydrogen) atoms. The van der Waals surface area contributed by atoms with Gasteiger partial charge in [0.2, 0.25) is 15.9 Å². The standard InChI is InChI=1S/C23H27N5O3S/c1-17(19-4-2-13-24-16-19)26-23(29)18-5-7-20(8-6-18)27-32(30,31)22-11-9-21(10-12-22)28-15-3-14-25-28/h2-4,9-18,20,27H,5-8H2,1H3,(H,26,29)/t17-,18?,20?/m1/s1. The number of nitrogens with zero attached hydrogens (tertiary/aromatic N) is 3. The lowest BCUT2D eigenvalue weighted by Gasteiger charge is -2.29. The van der Waals surface area contributed by atoms with Crippen molar-refractivity contribution < 1.29 is 13.2 Å². The summed E-state index contributed by atoms with van der Waals surface area (Å²) < 4.78 is 30.1. The van der Waals surface area contributed by atoms with E-state index in [1.54, 1.807) is 53.7 Å². The zero-order valence-corrected chi connectivity index (χ0v) is 18.7. The number of aromatic nitrogens is 3.